The van der Waals surface area contributed by atoms with Gasteiger partial charge in [-0.2, -0.15) is 5.10 Å². The van der Waals surface area contributed by atoms with Crippen LogP contribution in [-0.4, -0.2) is 45.3 Å². The third-order valence-corrected chi connectivity index (χ3v) is 6.20. The number of ether oxygens (including phenoxy) is 1. The van der Waals surface area contributed by atoms with Crippen LogP contribution in [0, 0.1) is 0 Å². The Morgan fingerprint density at radius 3 is 2.86 bits per heavy atom. The minimum atomic E-state index is -2.37. The van der Waals surface area contributed by atoms with Crippen molar-refractivity contribution in [2.45, 2.75) is 57.7 Å². The standard InChI is InChI=1S/C22H26F2N4O/c23-22(24)14-28-12-9-17-20(28)5-2-6-21(17)29-15-7-10-27(11-8-15)13-19-16-3-1-4-18(16)25-26-19/h2,5-6,9,12,15,22H,1,3-4,7-8,10-11,13-14H2,(H,25,26). The summed E-state index contributed by atoms with van der Waals surface area (Å²) in [5, 5.41) is 8.62. The summed E-state index contributed by atoms with van der Waals surface area (Å²) in [5.74, 6) is 0.791. The number of nitrogens with zero attached hydrogens (tertiary/aromatic N) is 3. The van der Waals surface area contributed by atoms with E-state index in [1.807, 2.05) is 24.3 Å². The summed E-state index contributed by atoms with van der Waals surface area (Å²) in [6.07, 6.45) is 4.93. The van der Waals surface area contributed by atoms with Crippen LogP contribution in [0.1, 0.15) is 36.2 Å². The first-order chi connectivity index (χ1) is 14.2. The van der Waals surface area contributed by atoms with Gasteiger partial charge in [0.25, 0.3) is 6.43 Å². The Hall–Kier alpha value is -2.41. The minimum Gasteiger partial charge on any atom is -0.490 e. The smallest absolute Gasteiger partial charge is 0.256 e. The van der Waals surface area contributed by atoms with Gasteiger partial charge in [-0.1, -0.05) is 6.07 Å². The van der Waals surface area contributed by atoms with Crippen molar-refractivity contribution in [2.75, 3.05) is 13.1 Å². The second-order valence-electron chi connectivity index (χ2n) is 8.12. The van der Waals surface area contributed by atoms with E-state index in [1.165, 1.54) is 23.4 Å². The third-order valence-electron chi connectivity index (χ3n) is 6.20. The maximum Gasteiger partial charge on any atom is 0.256 e. The number of aryl methyl sites for hydroxylation is 1. The van der Waals surface area contributed by atoms with Crippen LogP contribution < -0.4 is 4.74 Å². The molecule has 29 heavy (non-hydrogen) atoms. The lowest BCUT2D eigenvalue weighted by atomic mass is 10.1. The molecular formula is C22H26F2N4O. The van der Waals surface area contributed by atoms with E-state index in [0.717, 1.165) is 62.0 Å². The van der Waals surface area contributed by atoms with Crippen LogP contribution in [0.25, 0.3) is 10.9 Å². The minimum absolute atomic E-state index is 0.153. The van der Waals surface area contributed by atoms with Gasteiger partial charge < -0.3 is 9.30 Å². The van der Waals surface area contributed by atoms with Gasteiger partial charge in [0, 0.05) is 36.9 Å². The number of hydrogen-bond donors (Lipinski definition) is 1. The highest BCUT2D eigenvalue weighted by Crippen LogP contribution is 2.30. The lowest BCUT2D eigenvalue weighted by molar-refractivity contribution is 0.0971. The van der Waals surface area contributed by atoms with Crippen molar-refractivity contribution in [3.63, 3.8) is 0 Å². The van der Waals surface area contributed by atoms with E-state index in [4.69, 9.17) is 4.74 Å². The summed E-state index contributed by atoms with van der Waals surface area (Å²) in [6, 6.07) is 7.57. The molecule has 1 aromatic carbocycles. The molecule has 3 aromatic rings. The Labute approximate surface area is 168 Å². The quantitative estimate of drug-likeness (QED) is 0.676. The van der Waals surface area contributed by atoms with E-state index in [0.29, 0.717) is 0 Å². The number of H-pyrrole nitrogens is 1. The van der Waals surface area contributed by atoms with Gasteiger partial charge in [-0.3, -0.25) is 10.00 Å². The molecule has 1 N–H and O–H groups in total. The summed E-state index contributed by atoms with van der Waals surface area (Å²) in [7, 11) is 0. The zero-order chi connectivity index (χ0) is 19.8. The number of nitrogens with one attached hydrogen (secondary N) is 1. The molecule has 5 nitrogen and oxygen atoms in total. The van der Waals surface area contributed by atoms with E-state index in [1.54, 1.807) is 10.8 Å². The second kappa shape index (κ2) is 7.78. The van der Waals surface area contributed by atoms with Gasteiger partial charge in [0.1, 0.15) is 11.9 Å². The number of halogens is 2. The number of benzene rings is 1. The van der Waals surface area contributed by atoms with Crippen molar-refractivity contribution in [2.24, 2.45) is 0 Å². The largest absolute Gasteiger partial charge is 0.490 e. The van der Waals surface area contributed by atoms with Gasteiger partial charge in [-0.05, 0) is 55.9 Å². The normalized spacial score (nSPS) is 18.0. The first-order valence-corrected chi connectivity index (χ1v) is 10.5. The number of fused-ring (bicyclic) bond motifs is 2. The third kappa shape index (κ3) is 3.75. The van der Waals surface area contributed by atoms with Gasteiger partial charge in [-0.15, -0.1) is 0 Å². The van der Waals surface area contributed by atoms with Gasteiger partial charge in [0.15, 0.2) is 0 Å². The van der Waals surface area contributed by atoms with Crippen molar-refractivity contribution in [3.05, 3.63) is 47.4 Å². The molecule has 2 aliphatic rings. The SMILES string of the molecule is FC(F)Cn1ccc2c(OC3CCN(Cc4n[nH]c5c4CCC5)CC3)cccc21. The van der Waals surface area contributed by atoms with Crippen molar-refractivity contribution in [1.82, 2.24) is 19.7 Å². The van der Waals surface area contributed by atoms with Crippen LogP contribution in [0.3, 0.4) is 0 Å². The van der Waals surface area contributed by atoms with E-state index < -0.39 is 6.43 Å². The van der Waals surface area contributed by atoms with Gasteiger partial charge in [0.05, 0.1) is 17.8 Å². The van der Waals surface area contributed by atoms with Crippen molar-refractivity contribution in [1.29, 1.82) is 0 Å². The number of likely N-dealkylation sites (tertiary alicyclic amines) is 1. The highest BCUT2D eigenvalue weighted by Gasteiger charge is 2.25. The average molecular weight is 400 g/mol. The molecule has 1 aliphatic heterocycles. The predicted molar refractivity (Wildman–Crippen MR) is 107 cm³/mol. The molecule has 0 amide bonds. The average Bonchev–Trinajstić information content (AvgIpc) is 3.41. The predicted octanol–water partition coefficient (Wildman–Crippen LogP) is 4.16. The van der Waals surface area contributed by atoms with Crippen LogP contribution >= 0.6 is 0 Å². The first-order valence-electron chi connectivity index (χ1n) is 10.5. The van der Waals surface area contributed by atoms with E-state index in [9.17, 15) is 8.78 Å². The first kappa shape index (κ1) is 18.6. The van der Waals surface area contributed by atoms with E-state index in [-0.39, 0.29) is 12.6 Å². The van der Waals surface area contributed by atoms with Gasteiger partial charge in [0.2, 0.25) is 0 Å². The van der Waals surface area contributed by atoms with Crippen molar-refractivity contribution in [3.8, 4) is 5.75 Å². The Kier molecular flexibility index (Phi) is 4.99. The number of alkyl halides is 2. The fraction of sp³-hybridized carbons (Fsp3) is 0.500. The maximum absolute atomic E-state index is 12.8. The number of hydrogen-bond acceptors (Lipinski definition) is 3. The molecule has 5 rings (SSSR count). The van der Waals surface area contributed by atoms with Crippen molar-refractivity contribution < 1.29 is 13.5 Å². The molecule has 2 aromatic heterocycles. The molecule has 154 valence electrons. The van der Waals surface area contributed by atoms with E-state index >= 15 is 0 Å². The lowest BCUT2D eigenvalue weighted by Gasteiger charge is -2.32. The van der Waals surface area contributed by atoms with Crippen LogP contribution in [-0.2, 0) is 25.9 Å². The fourth-order valence-corrected chi connectivity index (χ4v) is 4.70. The number of piperidine rings is 1. The molecule has 0 radical (unpaired) electrons. The highest BCUT2D eigenvalue weighted by molar-refractivity contribution is 5.86. The highest BCUT2D eigenvalue weighted by atomic mass is 19.3. The molecule has 0 unspecified atom stereocenters. The topological polar surface area (TPSA) is 46.1 Å². The Morgan fingerprint density at radius 2 is 2.03 bits per heavy atom. The molecule has 0 atom stereocenters. The lowest BCUT2D eigenvalue weighted by Crippen LogP contribution is -2.38. The van der Waals surface area contributed by atoms with Crippen molar-refractivity contribution >= 4 is 10.9 Å². The van der Waals surface area contributed by atoms with Crippen LogP contribution in [0.5, 0.6) is 5.75 Å². The second-order valence-corrected chi connectivity index (χ2v) is 8.12. The van der Waals surface area contributed by atoms with Crippen LogP contribution in [0.4, 0.5) is 8.78 Å². The van der Waals surface area contributed by atoms with Gasteiger partial charge >= 0.3 is 0 Å². The molecule has 0 saturated carbocycles. The molecule has 1 aliphatic carbocycles. The van der Waals surface area contributed by atoms with Crippen LogP contribution in [0.2, 0.25) is 0 Å². The molecular weight excluding hydrogens is 374 g/mol. The molecule has 1 saturated heterocycles. The Morgan fingerprint density at radius 1 is 1.17 bits per heavy atom. The number of aromatic amines is 1. The molecule has 3 heterocycles. The maximum atomic E-state index is 12.8. The molecule has 1 fully saturated rings. The fourth-order valence-electron chi connectivity index (χ4n) is 4.70. The summed E-state index contributed by atoms with van der Waals surface area (Å²) in [6.45, 7) is 2.58. The monoisotopic (exact) mass is 400 g/mol. The number of aromatic nitrogens is 3. The molecule has 0 bridgehead atoms. The summed E-state index contributed by atoms with van der Waals surface area (Å²) in [4.78, 5) is 2.45. The molecule has 0 spiro atoms. The zero-order valence-electron chi connectivity index (χ0n) is 16.4. The van der Waals surface area contributed by atoms with Crippen LogP contribution in [0.15, 0.2) is 30.5 Å². The zero-order valence-corrected chi connectivity index (χ0v) is 16.4. The van der Waals surface area contributed by atoms with Gasteiger partial charge in [-0.25, -0.2) is 8.78 Å². The Bertz CT molecular complexity index is 988. The summed E-state index contributed by atoms with van der Waals surface area (Å²) >= 11 is 0. The summed E-state index contributed by atoms with van der Waals surface area (Å²) in [5.41, 5.74) is 4.77. The molecule has 7 heteroatoms. The van der Waals surface area contributed by atoms with E-state index in [2.05, 4.69) is 15.1 Å². The number of rotatable bonds is 6. The summed E-state index contributed by atoms with van der Waals surface area (Å²) < 4.78 is 33.5. The Balaban J connectivity index is 1.21.